The lowest BCUT2D eigenvalue weighted by atomic mass is 10.1. The highest BCUT2D eigenvalue weighted by Gasteiger charge is 2.45. The SMILES string of the molecule is C=C(C)/C=C\C(C)=C/C.C=C(C)C1CC1(C)C.CCCCC. The summed E-state index contributed by atoms with van der Waals surface area (Å²) in [6, 6.07) is 0. The molecule has 128 valence electrons. The molecule has 0 aliphatic heterocycles. The number of hydrogen-bond acceptors (Lipinski definition) is 0. The van der Waals surface area contributed by atoms with Gasteiger partial charge >= 0.3 is 0 Å². The van der Waals surface area contributed by atoms with Gasteiger partial charge in [-0.3, -0.25) is 0 Å². The van der Waals surface area contributed by atoms with Gasteiger partial charge in [0, 0.05) is 0 Å². The van der Waals surface area contributed by atoms with Crippen LogP contribution in [0, 0.1) is 11.3 Å². The minimum atomic E-state index is 0.589. The van der Waals surface area contributed by atoms with Crippen molar-refractivity contribution in [1.29, 1.82) is 0 Å². The van der Waals surface area contributed by atoms with Crippen LogP contribution >= 0.6 is 0 Å². The second-order valence-electron chi connectivity index (χ2n) is 7.16. The van der Waals surface area contributed by atoms with Gasteiger partial charge in [-0.1, -0.05) is 95.1 Å². The molecule has 0 amide bonds. The molecule has 1 saturated carbocycles. The summed E-state index contributed by atoms with van der Waals surface area (Å²) in [6.45, 7) is 24.9. The molecule has 0 aromatic carbocycles. The Hall–Kier alpha value is -1.04. The Morgan fingerprint density at radius 2 is 1.50 bits per heavy atom. The van der Waals surface area contributed by atoms with Gasteiger partial charge in [0.05, 0.1) is 0 Å². The van der Waals surface area contributed by atoms with Crippen LogP contribution in [0.2, 0.25) is 0 Å². The number of unbranched alkanes of at least 4 members (excludes halogenated alkanes) is 2. The highest BCUT2D eigenvalue weighted by molar-refractivity contribution is 5.22. The molecule has 0 aromatic heterocycles. The third-order valence-corrected chi connectivity index (χ3v) is 3.90. The standard InChI is InChI=1S/C9H14.C8H14.C5H12/c1-5-9(4)7-6-8(2)3;1-6(2)7-5-8(7,3)4;1-3-5-4-2/h5-7H,2H2,1,3-4H3;7H,1,5H2,2-4H3;3-5H2,1-2H3/b7-6-,9-5-;;. The zero-order valence-electron chi connectivity index (χ0n) is 16.6. The van der Waals surface area contributed by atoms with Crippen LogP contribution < -0.4 is 0 Å². The monoisotopic (exact) mass is 304 g/mol. The summed E-state index contributed by atoms with van der Waals surface area (Å²) in [5.74, 6) is 0.822. The van der Waals surface area contributed by atoms with E-state index in [4.69, 9.17) is 0 Å². The van der Waals surface area contributed by atoms with Crippen molar-refractivity contribution >= 4 is 0 Å². The van der Waals surface area contributed by atoms with E-state index in [1.54, 1.807) is 0 Å². The molecule has 1 unspecified atom stereocenters. The van der Waals surface area contributed by atoms with E-state index in [0.717, 1.165) is 11.5 Å². The maximum atomic E-state index is 3.91. The Bertz CT molecular complexity index is 375. The quantitative estimate of drug-likeness (QED) is 0.358. The molecule has 0 nitrogen and oxygen atoms in total. The van der Waals surface area contributed by atoms with Crippen molar-refractivity contribution in [3.05, 3.63) is 48.1 Å². The summed E-state index contributed by atoms with van der Waals surface area (Å²) in [6.07, 6.45) is 11.6. The van der Waals surface area contributed by atoms with Gasteiger partial charge in [-0.05, 0) is 45.4 Å². The smallest absolute Gasteiger partial charge is 0.0152 e. The van der Waals surface area contributed by atoms with E-state index in [1.165, 1.54) is 36.8 Å². The van der Waals surface area contributed by atoms with Crippen LogP contribution in [0.25, 0.3) is 0 Å². The summed E-state index contributed by atoms with van der Waals surface area (Å²) < 4.78 is 0. The Morgan fingerprint density at radius 1 is 1.05 bits per heavy atom. The molecule has 0 saturated heterocycles. The van der Waals surface area contributed by atoms with E-state index < -0.39 is 0 Å². The molecular formula is C22H40. The van der Waals surface area contributed by atoms with Gasteiger partial charge in [-0.15, -0.1) is 0 Å². The van der Waals surface area contributed by atoms with Gasteiger partial charge in [0.2, 0.25) is 0 Å². The van der Waals surface area contributed by atoms with Gasteiger partial charge in [-0.2, -0.15) is 0 Å². The zero-order chi connectivity index (χ0) is 17.8. The number of hydrogen-bond donors (Lipinski definition) is 0. The van der Waals surface area contributed by atoms with Crippen molar-refractivity contribution < 1.29 is 0 Å². The largest absolute Gasteiger partial charge is 0.0998 e. The molecule has 0 aromatic rings. The maximum Gasteiger partial charge on any atom is -0.0152 e. The third kappa shape index (κ3) is 13.9. The number of rotatable bonds is 5. The molecular weight excluding hydrogens is 264 g/mol. The van der Waals surface area contributed by atoms with E-state index >= 15 is 0 Å². The van der Waals surface area contributed by atoms with Crippen LogP contribution in [0.1, 0.15) is 81.1 Å². The zero-order valence-corrected chi connectivity index (χ0v) is 16.6. The van der Waals surface area contributed by atoms with Crippen molar-refractivity contribution in [2.75, 3.05) is 0 Å². The topological polar surface area (TPSA) is 0 Å². The first kappa shape index (κ1) is 23.2. The molecule has 1 rings (SSSR count). The van der Waals surface area contributed by atoms with Crippen LogP contribution in [0.15, 0.2) is 48.1 Å². The van der Waals surface area contributed by atoms with E-state index in [0.29, 0.717) is 5.41 Å². The molecule has 1 aliphatic rings. The molecule has 0 heterocycles. The number of allylic oxidation sites excluding steroid dienone is 6. The van der Waals surface area contributed by atoms with E-state index in [2.05, 4.69) is 66.9 Å². The minimum Gasteiger partial charge on any atom is -0.0998 e. The van der Waals surface area contributed by atoms with Crippen LogP contribution in [-0.4, -0.2) is 0 Å². The lowest BCUT2D eigenvalue weighted by molar-refractivity contribution is 0.598. The van der Waals surface area contributed by atoms with Gasteiger partial charge in [0.1, 0.15) is 0 Å². The summed E-state index contributed by atoms with van der Waals surface area (Å²) in [4.78, 5) is 0. The third-order valence-electron chi connectivity index (χ3n) is 3.90. The molecule has 0 spiro atoms. The first-order valence-electron chi connectivity index (χ1n) is 8.74. The second kappa shape index (κ2) is 12.5. The van der Waals surface area contributed by atoms with Crippen LogP contribution in [0.3, 0.4) is 0 Å². The Kier molecular flexibility index (Phi) is 13.2. The lowest BCUT2D eigenvalue weighted by Gasteiger charge is -1.99. The van der Waals surface area contributed by atoms with Crippen molar-refractivity contribution in [3.8, 4) is 0 Å². The molecule has 1 aliphatic carbocycles. The van der Waals surface area contributed by atoms with Gasteiger partial charge in [0.15, 0.2) is 0 Å². The summed E-state index contributed by atoms with van der Waals surface area (Å²) in [5.41, 5.74) is 4.32. The van der Waals surface area contributed by atoms with Crippen molar-refractivity contribution in [2.24, 2.45) is 11.3 Å². The highest BCUT2D eigenvalue weighted by Crippen LogP contribution is 2.54. The first-order valence-corrected chi connectivity index (χ1v) is 8.74. The van der Waals surface area contributed by atoms with Gasteiger partial charge in [0.25, 0.3) is 0 Å². The second-order valence-corrected chi connectivity index (χ2v) is 7.16. The molecule has 0 N–H and O–H groups in total. The minimum absolute atomic E-state index is 0.589. The molecule has 0 bridgehead atoms. The molecule has 0 heteroatoms. The summed E-state index contributed by atoms with van der Waals surface area (Å²) >= 11 is 0. The average Bonchev–Trinajstić information content (AvgIpc) is 3.08. The lowest BCUT2D eigenvalue weighted by Crippen LogP contribution is -1.89. The Balaban J connectivity index is 0. The molecule has 1 fully saturated rings. The summed E-state index contributed by atoms with van der Waals surface area (Å²) in [7, 11) is 0. The van der Waals surface area contributed by atoms with Crippen molar-refractivity contribution in [1.82, 2.24) is 0 Å². The summed E-state index contributed by atoms with van der Waals surface area (Å²) in [5, 5.41) is 0. The fraction of sp³-hybridized carbons (Fsp3) is 0.636. The highest BCUT2D eigenvalue weighted by atomic mass is 14.5. The molecule has 22 heavy (non-hydrogen) atoms. The van der Waals surface area contributed by atoms with E-state index in [-0.39, 0.29) is 0 Å². The van der Waals surface area contributed by atoms with Crippen LogP contribution in [0.4, 0.5) is 0 Å². The molecule has 0 radical (unpaired) electrons. The molecule has 1 atom stereocenters. The fourth-order valence-electron chi connectivity index (χ4n) is 2.03. The predicted octanol–water partition coefficient (Wildman–Crippen LogP) is 7.89. The first-order chi connectivity index (χ1) is 10.1. The van der Waals surface area contributed by atoms with Crippen molar-refractivity contribution in [2.45, 2.75) is 81.1 Å². The normalized spacial score (nSPS) is 18.7. The van der Waals surface area contributed by atoms with Crippen LogP contribution in [0.5, 0.6) is 0 Å². The van der Waals surface area contributed by atoms with E-state index in [1.807, 2.05) is 19.9 Å². The average molecular weight is 305 g/mol. The fourth-order valence-corrected chi connectivity index (χ4v) is 2.03. The van der Waals surface area contributed by atoms with Crippen LogP contribution in [-0.2, 0) is 0 Å². The van der Waals surface area contributed by atoms with Gasteiger partial charge < -0.3 is 0 Å². The van der Waals surface area contributed by atoms with Crippen molar-refractivity contribution in [3.63, 3.8) is 0 Å². The Labute approximate surface area is 141 Å². The van der Waals surface area contributed by atoms with E-state index in [9.17, 15) is 0 Å². The maximum absolute atomic E-state index is 3.91. The van der Waals surface area contributed by atoms with Gasteiger partial charge in [-0.25, -0.2) is 0 Å². The Morgan fingerprint density at radius 3 is 1.64 bits per heavy atom. The predicted molar refractivity (Wildman–Crippen MR) is 105 cm³/mol.